The van der Waals surface area contributed by atoms with Crippen LogP contribution in [0.2, 0.25) is 0 Å². The molecular weight excluding hydrogens is 246 g/mol. The summed E-state index contributed by atoms with van der Waals surface area (Å²) in [5, 5.41) is 9.81. The smallest absolute Gasteiger partial charge is 0.135 e. The molecule has 0 bridgehead atoms. The lowest BCUT2D eigenvalue weighted by Gasteiger charge is -2.10. The molecule has 0 aromatic heterocycles. The zero-order valence-electron chi connectivity index (χ0n) is 7.72. The van der Waals surface area contributed by atoms with Crippen LogP contribution in [0, 0.1) is 0 Å². The molecule has 3 nitrogen and oxygen atoms in total. The van der Waals surface area contributed by atoms with Gasteiger partial charge in [-0.15, -0.1) is 0 Å². The monoisotopic (exact) mass is 257 g/mol. The van der Waals surface area contributed by atoms with E-state index in [0.717, 1.165) is 29.3 Å². The second kappa shape index (κ2) is 3.88. The summed E-state index contributed by atoms with van der Waals surface area (Å²) < 4.78 is 0.805. The molecule has 0 heterocycles. The van der Waals surface area contributed by atoms with Gasteiger partial charge in [0, 0.05) is 5.56 Å². The van der Waals surface area contributed by atoms with Crippen molar-refractivity contribution in [2.75, 3.05) is 0 Å². The van der Waals surface area contributed by atoms with Crippen LogP contribution in [0.5, 0.6) is 5.75 Å². The summed E-state index contributed by atoms with van der Waals surface area (Å²) in [6.45, 7) is 0.248. The highest BCUT2D eigenvalue weighted by Crippen LogP contribution is 2.38. The lowest BCUT2D eigenvalue weighted by molar-refractivity contribution is 0.122. The molecule has 2 rings (SSSR count). The van der Waals surface area contributed by atoms with Crippen LogP contribution in [-0.4, -0.2) is 5.11 Å². The molecule has 3 N–H and O–H groups in total. The first kappa shape index (κ1) is 9.96. The summed E-state index contributed by atoms with van der Waals surface area (Å²) in [4.78, 5) is 4.54. The number of phenols is 1. The molecule has 0 saturated carbocycles. The minimum absolute atomic E-state index is 0.248. The molecule has 0 fully saturated rings. The van der Waals surface area contributed by atoms with E-state index in [1.54, 1.807) is 0 Å². The molecular formula is C10H12BrNO2. The van der Waals surface area contributed by atoms with E-state index in [0.29, 0.717) is 0 Å². The molecule has 1 aromatic carbocycles. The van der Waals surface area contributed by atoms with Crippen molar-refractivity contribution >= 4 is 15.9 Å². The Balaban J connectivity index is 2.49. The normalized spacial score (nSPS) is 14.4. The van der Waals surface area contributed by atoms with Gasteiger partial charge in [0.1, 0.15) is 5.75 Å². The molecule has 0 spiro atoms. The maximum atomic E-state index is 9.81. The number of benzene rings is 1. The molecule has 1 aliphatic carbocycles. The van der Waals surface area contributed by atoms with Gasteiger partial charge >= 0.3 is 0 Å². The number of nitrogens with two attached hydrogens (primary N) is 1. The maximum Gasteiger partial charge on any atom is 0.135 e. The van der Waals surface area contributed by atoms with Crippen molar-refractivity contribution in [2.45, 2.75) is 25.9 Å². The van der Waals surface area contributed by atoms with Gasteiger partial charge in [-0.1, -0.05) is 0 Å². The van der Waals surface area contributed by atoms with Crippen LogP contribution in [0.25, 0.3) is 0 Å². The third-order valence-corrected chi connectivity index (χ3v) is 3.48. The van der Waals surface area contributed by atoms with Gasteiger partial charge in [0.25, 0.3) is 0 Å². The summed E-state index contributed by atoms with van der Waals surface area (Å²) in [5.41, 5.74) is 3.27. The number of hydrogen-bond donors (Lipinski definition) is 2. The van der Waals surface area contributed by atoms with Crippen molar-refractivity contribution < 1.29 is 9.94 Å². The molecule has 0 atom stereocenters. The van der Waals surface area contributed by atoms with Gasteiger partial charge in [-0.2, -0.15) is 0 Å². The Morgan fingerprint density at radius 3 is 3.00 bits per heavy atom. The number of phenolic OH excluding ortho intramolecular Hbond substituents is 1. The zero-order chi connectivity index (χ0) is 10.1. The first-order valence-corrected chi connectivity index (χ1v) is 5.37. The molecule has 0 saturated heterocycles. The van der Waals surface area contributed by atoms with Gasteiger partial charge in [0.05, 0.1) is 11.1 Å². The summed E-state index contributed by atoms with van der Waals surface area (Å²) in [6.07, 6.45) is 3.26. The molecule has 1 aromatic rings. The molecule has 0 amide bonds. The highest BCUT2D eigenvalue weighted by Gasteiger charge is 2.19. The van der Waals surface area contributed by atoms with Crippen molar-refractivity contribution in [2.24, 2.45) is 5.90 Å². The van der Waals surface area contributed by atoms with Gasteiger partial charge in [-0.25, -0.2) is 5.90 Å². The number of halogens is 1. The van der Waals surface area contributed by atoms with Crippen molar-refractivity contribution in [1.29, 1.82) is 0 Å². The molecule has 0 aliphatic heterocycles. The Morgan fingerprint density at radius 2 is 2.29 bits per heavy atom. The number of aryl methyl sites for hydroxylation is 1. The van der Waals surface area contributed by atoms with Crippen LogP contribution in [0.1, 0.15) is 23.1 Å². The maximum absolute atomic E-state index is 9.81. The average molecular weight is 258 g/mol. The first-order valence-electron chi connectivity index (χ1n) is 4.57. The lowest BCUT2D eigenvalue weighted by atomic mass is 10.1. The summed E-state index contributed by atoms with van der Waals surface area (Å²) >= 11 is 3.41. The fourth-order valence-electron chi connectivity index (χ4n) is 1.94. The minimum atomic E-state index is 0.248. The van der Waals surface area contributed by atoms with Crippen LogP contribution in [0.4, 0.5) is 0 Å². The summed E-state index contributed by atoms with van der Waals surface area (Å²) in [7, 11) is 0. The predicted molar refractivity (Wildman–Crippen MR) is 56.8 cm³/mol. The van der Waals surface area contributed by atoms with E-state index < -0.39 is 0 Å². The van der Waals surface area contributed by atoms with E-state index in [9.17, 15) is 5.11 Å². The van der Waals surface area contributed by atoms with Gasteiger partial charge in [0.15, 0.2) is 0 Å². The van der Waals surface area contributed by atoms with E-state index in [2.05, 4.69) is 20.8 Å². The molecule has 0 unspecified atom stereocenters. The largest absolute Gasteiger partial charge is 0.506 e. The third-order valence-electron chi connectivity index (χ3n) is 2.62. The topological polar surface area (TPSA) is 55.5 Å². The van der Waals surface area contributed by atoms with Crippen LogP contribution in [-0.2, 0) is 24.3 Å². The quantitative estimate of drug-likeness (QED) is 0.798. The van der Waals surface area contributed by atoms with Gasteiger partial charge in [-0.3, -0.25) is 4.84 Å². The molecule has 1 aliphatic rings. The number of aromatic hydroxyl groups is 1. The molecule has 0 radical (unpaired) electrons. The Morgan fingerprint density at radius 1 is 1.50 bits per heavy atom. The average Bonchev–Trinajstić information content (AvgIpc) is 2.62. The number of hydrogen-bond acceptors (Lipinski definition) is 3. The Bertz CT molecular complexity index is 366. The Labute approximate surface area is 91.0 Å². The predicted octanol–water partition coefficient (Wildman–Crippen LogP) is 2.03. The lowest BCUT2D eigenvalue weighted by Crippen LogP contribution is -2.01. The first-order chi connectivity index (χ1) is 6.74. The summed E-state index contributed by atoms with van der Waals surface area (Å²) in [5.74, 6) is 5.26. The van der Waals surface area contributed by atoms with Crippen molar-refractivity contribution in [3.8, 4) is 5.75 Å². The Hall–Kier alpha value is -0.580. The fourth-order valence-corrected chi connectivity index (χ4v) is 2.65. The van der Waals surface area contributed by atoms with Gasteiger partial charge < -0.3 is 5.11 Å². The highest BCUT2D eigenvalue weighted by atomic mass is 79.9. The highest BCUT2D eigenvalue weighted by molar-refractivity contribution is 9.10. The number of rotatable bonds is 2. The van der Waals surface area contributed by atoms with E-state index in [1.165, 1.54) is 11.1 Å². The third kappa shape index (κ3) is 1.54. The second-order valence-electron chi connectivity index (χ2n) is 3.50. The van der Waals surface area contributed by atoms with Crippen LogP contribution >= 0.6 is 15.9 Å². The van der Waals surface area contributed by atoms with E-state index >= 15 is 0 Å². The van der Waals surface area contributed by atoms with Gasteiger partial charge in [-0.05, 0) is 52.4 Å². The van der Waals surface area contributed by atoms with E-state index in [1.807, 2.05) is 6.07 Å². The molecule has 14 heavy (non-hydrogen) atoms. The zero-order valence-corrected chi connectivity index (χ0v) is 9.30. The summed E-state index contributed by atoms with van der Waals surface area (Å²) in [6, 6.07) is 1.98. The Kier molecular flexibility index (Phi) is 2.76. The van der Waals surface area contributed by atoms with Crippen LogP contribution < -0.4 is 5.90 Å². The SMILES string of the molecule is NOCc1cc2c(c(Br)c1O)CCC2. The van der Waals surface area contributed by atoms with Crippen molar-refractivity contribution in [3.05, 3.63) is 27.2 Å². The standard InChI is InChI=1S/C10H12BrNO2/c11-9-8-3-1-2-6(8)4-7(5-14-12)10(9)13/h4,13H,1-3,5,12H2. The number of fused-ring (bicyclic) bond motifs is 1. The molecule has 4 heteroatoms. The van der Waals surface area contributed by atoms with Crippen LogP contribution in [0.3, 0.4) is 0 Å². The fraction of sp³-hybridized carbons (Fsp3) is 0.400. The van der Waals surface area contributed by atoms with Crippen molar-refractivity contribution in [3.63, 3.8) is 0 Å². The molecule has 76 valence electrons. The van der Waals surface area contributed by atoms with Crippen molar-refractivity contribution in [1.82, 2.24) is 0 Å². The second-order valence-corrected chi connectivity index (χ2v) is 4.29. The van der Waals surface area contributed by atoms with E-state index in [4.69, 9.17) is 5.90 Å². The van der Waals surface area contributed by atoms with Crippen LogP contribution in [0.15, 0.2) is 10.5 Å². The van der Waals surface area contributed by atoms with Gasteiger partial charge in [0.2, 0.25) is 0 Å². The van der Waals surface area contributed by atoms with E-state index in [-0.39, 0.29) is 12.4 Å². The minimum Gasteiger partial charge on any atom is -0.506 e.